The summed E-state index contributed by atoms with van der Waals surface area (Å²) < 4.78 is 21.8. The lowest BCUT2D eigenvalue weighted by atomic mass is 10.2. The van der Waals surface area contributed by atoms with Gasteiger partial charge in [-0.05, 0) is 23.3 Å². The summed E-state index contributed by atoms with van der Waals surface area (Å²) in [5.41, 5.74) is 1.82. The van der Waals surface area contributed by atoms with Gasteiger partial charge in [-0.2, -0.15) is 0 Å². The maximum absolute atomic E-state index is 10.9. The largest absolute Gasteiger partial charge is 0.329 e. The van der Waals surface area contributed by atoms with Crippen LogP contribution in [0.4, 0.5) is 0 Å². The van der Waals surface area contributed by atoms with Crippen molar-refractivity contribution in [1.29, 1.82) is 0 Å². The van der Waals surface area contributed by atoms with Gasteiger partial charge in [0.05, 0.1) is 23.7 Å². The molecule has 0 aliphatic carbocycles. The second kappa shape index (κ2) is 6.38. The zero-order chi connectivity index (χ0) is 16.4. The molecule has 10 heteroatoms. The molecular formula is C12H14N2O6P2. The second-order valence-electron chi connectivity index (χ2n) is 4.75. The first-order valence-corrected chi connectivity index (χ1v) is 9.71. The minimum atomic E-state index is -4.13. The third kappa shape index (κ3) is 5.42. The summed E-state index contributed by atoms with van der Waals surface area (Å²) in [5.74, 6) is 0. The molecule has 0 bridgehead atoms. The van der Waals surface area contributed by atoms with Crippen LogP contribution in [0.25, 0.3) is 11.4 Å². The summed E-state index contributed by atoms with van der Waals surface area (Å²) in [6, 6.07) is 6.26. The summed E-state index contributed by atoms with van der Waals surface area (Å²) in [6.07, 6.45) is 1.96. The standard InChI is InChI=1S/C12H14N2O6P2/c15-21(16,17)7-9-1-3-11(13-5-9)12-4-2-10(6-14-12)8-22(18,19)20/h1-6H,7-8H2,(H2,15,16,17)(H2,18,19,20). The molecule has 0 spiro atoms. The van der Waals surface area contributed by atoms with Gasteiger partial charge in [0.1, 0.15) is 0 Å². The molecule has 2 aromatic heterocycles. The molecule has 2 heterocycles. The average Bonchev–Trinajstić information content (AvgIpc) is 2.37. The molecule has 0 unspecified atom stereocenters. The van der Waals surface area contributed by atoms with E-state index in [0.717, 1.165) is 0 Å². The van der Waals surface area contributed by atoms with E-state index in [4.69, 9.17) is 19.6 Å². The fourth-order valence-corrected chi connectivity index (χ4v) is 3.14. The summed E-state index contributed by atoms with van der Waals surface area (Å²) in [7, 11) is -8.26. The Balaban J connectivity index is 2.15. The number of rotatable bonds is 5. The predicted octanol–water partition coefficient (Wildman–Crippen LogP) is 1.50. The number of pyridine rings is 2. The van der Waals surface area contributed by atoms with Crippen LogP contribution in [0, 0.1) is 0 Å². The Kier molecular flexibility index (Phi) is 4.92. The lowest BCUT2D eigenvalue weighted by molar-refractivity contribution is 0.369. The summed E-state index contributed by atoms with van der Waals surface area (Å²) in [5, 5.41) is 0. The van der Waals surface area contributed by atoms with Crippen LogP contribution in [-0.2, 0) is 21.5 Å². The first-order chi connectivity index (χ1) is 10.1. The quantitative estimate of drug-likeness (QED) is 0.598. The van der Waals surface area contributed by atoms with Crippen LogP contribution in [0.15, 0.2) is 36.7 Å². The summed E-state index contributed by atoms with van der Waals surface area (Å²) in [6.45, 7) is 0. The molecule has 0 saturated heterocycles. The molecule has 2 rings (SSSR count). The van der Waals surface area contributed by atoms with Crippen molar-refractivity contribution < 1.29 is 28.7 Å². The Hall–Kier alpha value is -1.40. The van der Waals surface area contributed by atoms with E-state index in [0.29, 0.717) is 22.5 Å². The van der Waals surface area contributed by atoms with Crippen LogP contribution < -0.4 is 0 Å². The van der Waals surface area contributed by atoms with Crippen LogP contribution in [0.5, 0.6) is 0 Å². The minimum Gasteiger partial charge on any atom is -0.324 e. The zero-order valence-electron chi connectivity index (χ0n) is 11.3. The van der Waals surface area contributed by atoms with Crippen molar-refractivity contribution in [3.05, 3.63) is 47.8 Å². The van der Waals surface area contributed by atoms with Crippen LogP contribution in [-0.4, -0.2) is 29.5 Å². The Morgan fingerprint density at radius 2 is 1.09 bits per heavy atom. The normalized spacial score (nSPS) is 12.4. The lowest BCUT2D eigenvalue weighted by Crippen LogP contribution is -1.93. The van der Waals surface area contributed by atoms with Crippen LogP contribution in [0.3, 0.4) is 0 Å². The van der Waals surface area contributed by atoms with Gasteiger partial charge >= 0.3 is 15.2 Å². The van der Waals surface area contributed by atoms with Crippen molar-refractivity contribution in [3.63, 3.8) is 0 Å². The number of hydrogen-bond acceptors (Lipinski definition) is 4. The molecule has 2 aromatic rings. The molecular weight excluding hydrogens is 330 g/mol. The molecule has 0 aliphatic heterocycles. The molecule has 118 valence electrons. The molecule has 0 fully saturated rings. The fourth-order valence-electron chi connectivity index (χ4n) is 1.81. The van der Waals surface area contributed by atoms with E-state index in [-0.39, 0.29) is 12.3 Å². The molecule has 0 radical (unpaired) electrons. The third-order valence-corrected chi connectivity index (χ3v) is 4.24. The first-order valence-electron chi connectivity index (χ1n) is 6.12. The summed E-state index contributed by atoms with van der Waals surface area (Å²) >= 11 is 0. The predicted molar refractivity (Wildman–Crippen MR) is 79.0 cm³/mol. The van der Waals surface area contributed by atoms with Crippen LogP contribution in [0.1, 0.15) is 11.1 Å². The van der Waals surface area contributed by atoms with E-state index in [1.807, 2.05) is 0 Å². The summed E-state index contributed by atoms with van der Waals surface area (Å²) in [4.78, 5) is 43.7. The van der Waals surface area contributed by atoms with E-state index in [2.05, 4.69) is 9.97 Å². The Labute approximate surface area is 126 Å². The third-order valence-electron chi connectivity index (χ3n) is 2.69. The van der Waals surface area contributed by atoms with Crippen molar-refractivity contribution in [3.8, 4) is 11.4 Å². The van der Waals surface area contributed by atoms with E-state index in [9.17, 15) is 9.13 Å². The molecule has 0 amide bonds. The smallest absolute Gasteiger partial charge is 0.324 e. The topological polar surface area (TPSA) is 141 Å². The molecule has 4 N–H and O–H groups in total. The number of aromatic nitrogens is 2. The van der Waals surface area contributed by atoms with E-state index < -0.39 is 15.2 Å². The van der Waals surface area contributed by atoms with Gasteiger partial charge in [-0.15, -0.1) is 0 Å². The van der Waals surface area contributed by atoms with Gasteiger partial charge in [-0.25, -0.2) is 0 Å². The molecule has 0 atom stereocenters. The van der Waals surface area contributed by atoms with Crippen molar-refractivity contribution in [2.24, 2.45) is 0 Å². The van der Waals surface area contributed by atoms with Crippen LogP contribution >= 0.6 is 15.2 Å². The zero-order valence-corrected chi connectivity index (χ0v) is 13.1. The van der Waals surface area contributed by atoms with Gasteiger partial charge < -0.3 is 19.6 Å². The first kappa shape index (κ1) is 17.0. The molecule has 0 aliphatic rings. The van der Waals surface area contributed by atoms with Gasteiger partial charge in [0.25, 0.3) is 0 Å². The van der Waals surface area contributed by atoms with E-state index >= 15 is 0 Å². The van der Waals surface area contributed by atoms with Gasteiger partial charge in [0.15, 0.2) is 0 Å². The van der Waals surface area contributed by atoms with Crippen molar-refractivity contribution >= 4 is 15.2 Å². The van der Waals surface area contributed by atoms with E-state index in [1.165, 1.54) is 12.4 Å². The van der Waals surface area contributed by atoms with Crippen molar-refractivity contribution in [2.75, 3.05) is 0 Å². The highest BCUT2D eigenvalue weighted by Gasteiger charge is 2.15. The Bertz CT molecular complexity index is 670. The maximum atomic E-state index is 10.9. The maximum Gasteiger partial charge on any atom is 0.329 e. The number of hydrogen-bond donors (Lipinski definition) is 4. The molecule has 22 heavy (non-hydrogen) atoms. The SMILES string of the molecule is O=P(O)(O)Cc1ccc(-c2ccc(CP(=O)(O)O)cn2)nc1. The average molecular weight is 344 g/mol. The Morgan fingerprint density at radius 3 is 1.32 bits per heavy atom. The van der Waals surface area contributed by atoms with Gasteiger partial charge in [-0.1, -0.05) is 12.1 Å². The van der Waals surface area contributed by atoms with E-state index in [1.54, 1.807) is 24.3 Å². The second-order valence-corrected chi connectivity index (χ2v) is 8.04. The Morgan fingerprint density at radius 1 is 0.727 bits per heavy atom. The highest BCUT2D eigenvalue weighted by Crippen LogP contribution is 2.39. The highest BCUT2D eigenvalue weighted by molar-refractivity contribution is 7.51. The van der Waals surface area contributed by atoms with Crippen LogP contribution in [0.2, 0.25) is 0 Å². The minimum absolute atomic E-state index is 0.380. The van der Waals surface area contributed by atoms with Crippen molar-refractivity contribution in [1.82, 2.24) is 9.97 Å². The van der Waals surface area contributed by atoms with Crippen molar-refractivity contribution in [2.45, 2.75) is 12.3 Å². The van der Waals surface area contributed by atoms with Gasteiger partial charge in [0, 0.05) is 12.4 Å². The lowest BCUT2D eigenvalue weighted by Gasteiger charge is -2.06. The number of nitrogens with zero attached hydrogens (tertiary/aromatic N) is 2. The van der Waals surface area contributed by atoms with Gasteiger partial charge in [-0.3, -0.25) is 19.1 Å². The van der Waals surface area contributed by atoms with Gasteiger partial charge in [0.2, 0.25) is 0 Å². The molecule has 8 nitrogen and oxygen atoms in total. The fraction of sp³-hybridized carbons (Fsp3) is 0.167. The molecule has 0 saturated carbocycles. The highest BCUT2D eigenvalue weighted by atomic mass is 31.2. The molecule has 0 aromatic carbocycles. The monoisotopic (exact) mass is 344 g/mol.